The summed E-state index contributed by atoms with van der Waals surface area (Å²) in [7, 11) is -3.75. The van der Waals surface area contributed by atoms with E-state index in [-0.39, 0.29) is 35.7 Å². The highest BCUT2D eigenvalue weighted by Gasteiger charge is 2.30. The summed E-state index contributed by atoms with van der Waals surface area (Å²) in [6, 6.07) is 5.29. The van der Waals surface area contributed by atoms with E-state index >= 15 is 0 Å². The van der Waals surface area contributed by atoms with E-state index in [9.17, 15) is 17.6 Å². The highest BCUT2D eigenvalue weighted by molar-refractivity contribution is 7.89. The molecule has 0 saturated carbocycles. The minimum absolute atomic E-state index is 0.0554. The van der Waals surface area contributed by atoms with Crippen molar-refractivity contribution in [1.82, 2.24) is 14.8 Å². The molecule has 1 aliphatic rings. The van der Waals surface area contributed by atoms with Crippen LogP contribution in [0.2, 0.25) is 0 Å². The maximum Gasteiger partial charge on any atom is 0.290 e. The minimum Gasteiger partial charge on any atom is -0.351 e. The molecule has 0 bridgehead atoms. The number of piperidine rings is 1. The number of carbonyl (C=O) groups is 1. The van der Waals surface area contributed by atoms with Crippen LogP contribution in [0, 0.1) is 19.7 Å². The van der Waals surface area contributed by atoms with Crippen LogP contribution in [0.5, 0.6) is 0 Å². The van der Waals surface area contributed by atoms with Crippen LogP contribution in [0.15, 0.2) is 33.7 Å². The summed E-state index contributed by atoms with van der Waals surface area (Å²) in [6.45, 7) is 3.80. The number of halogens is 1. The van der Waals surface area contributed by atoms with Crippen molar-refractivity contribution < 1.29 is 22.1 Å². The highest BCUT2D eigenvalue weighted by atomic mass is 32.2. The quantitative estimate of drug-likeness (QED) is 0.875. The monoisotopic (exact) mass is 381 g/mol. The molecule has 0 radical (unpaired) electrons. The molecule has 1 amide bonds. The standard InChI is InChI=1S/C17H20FN3O4S/c1-11-3-4-14(10-15(11)18)26(23,24)21-7-5-13(6-8-21)19-17(22)16-9-12(2)20-25-16/h3-4,9-10,13H,5-8H2,1-2H3,(H,19,22). The lowest BCUT2D eigenvalue weighted by atomic mass is 10.1. The molecule has 0 unspecified atom stereocenters. The van der Waals surface area contributed by atoms with Crippen LogP contribution < -0.4 is 5.32 Å². The van der Waals surface area contributed by atoms with Gasteiger partial charge in [0.15, 0.2) is 0 Å². The van der Waals surface area contributed by atoms with Gasteiger partial charge < -0.3 is 9.84 Å². The van der Waals surface area contributed by atoms with Crippen molar-refractivity contribution in [1.29, 1.82) is 0 Å². The molecule has 7 nitrogen and oxygen atoms in total. The molecule has 26 heavy (non-hydrogen) atoms. The Kier molecular flexibility index (Phi) is 5.10. The van der Waals surface area contributed by atoms with Gasteiger partial charge in [-0.2, -0.15) is 4.31 Å². The fraction of sp³-hybridized carbons (Fsp3) is 0.412. The van der Waals surface area contributed by atoms with Crippen LogP contribution in [0.3, 0.4) is 0 Å². The Labute approximate surface area is 151 Å². The van der Waals surface area contributed by atoms with Gasteiger partial charge in [0, 0.05) is 25.2 Å². The van der Waals surface area contributed by atoms with Gasteiger partial charge in [0.05, 0.1) is 10.6 Å². The lowest BCUT2D eigenvalue weighted by Crippen LogP contribution is -2.46. The fourth-order valence-electron chi connectivity index (χ4n) is 2.85. The third-order valence-corrected chi connectivity index (χ3v) is 6.32. The highest BCUT2D eigenvalue weighted by Crippen LogP contribution is 2.22. The van der Waals surface area contributed by atoms with Gasteiger partial charge in [-0.15, -0.1) is 0 Å². The molecule has 3 rings (SSSR count). The van der Waals surface area contributed by atoms with E-state index in [4.69, 9.17) is 4.52 Å². The number of hydrogen-bond donors (Lipinski definition) is 1. The first-order valence-electron chi connectivity index (χ1n) is 8.28. The van der Waals surface area contributed by atoms with Gasteiger partial charge in [0.1, 0.15) is 5.82 Å². The number of aromatic nitrogens is 1. The summed E-state index contributed by atoms with van der Waals surface area (Å²) in [6.07, 6.45) is 0.929. The third-order valence-electron chi connectivity index (χ3n) is 4.42. The van der Waals surface area contributed by atoms with Crippen LogP contribution >= 0.6 is 0 Å². The molecule has 1 aromatic carbocycles. The van der Waals surface area contributed by atoms with Gasteiger partial charge in [-0.1, -0.05) is 11.2 Å². The molecule has 0 atom stereocenters. The maximum atomic E-state index is 13.7. The number of aryl methyl sites for hydroxylation is 2. The number of hydrogen-bond acceptors (Lipinski definition) is 5. The van der Waals surface area contributed by atoms with Crippen LogP contribution in [0.25, 0.3) is 0 Å². The van der Waals surface area contributed by atoms with Crippen LogP contribution in [-0.2, 0) is 10.0 Å². The average molecular weight is 381 g/mol. The average Bonchev–Trinajstić information content (AvgIpc) is 3.04. The Balaban J connectivity index is 1.62. The molecule has 1 saturated heterocycles. The molecule has 2 heterocycles. The Morgan fingerprint density at radius 3 is 2.54 bits per heavy atom. The van der Waals surface area contributed by atoms with E-state index < -0.39 is 15.8 Å². The predicted molar refractivity (Wildman–Crippen MR) is 91.6 cm³/mol. The predicted octanol–water partition coefficient (Wildman–Crippen LogP) is 2.01. The smallest absolute Gasteiger partial charge is 0.290 e. The zero-order valence-corrected chi connectivity index (χ0v) is 15.3. The summed E-state index contributed by atoms with van der Waals surface area (Å²) in [5.41, 5.74) is 1.01. The number of rotatable bonds is 4. The van der Waals surface area contributed by atoms with Gasteiger partial charge in [-0.3, -0.25) is 4.79 Å². The SMILES string of the molecule is Cc1cc(C(=O)NC2CCN(S(=O)(=O)c3ccc(C)c(F)c3)CC2)on1. The van der Waals surface area contributed by atoms with Crippen molar-refractivity contribution in [2.75, 3.05) is 13.1 Å². The largest absolute Gasteiger partial charge is 0.351 e. The summed E-state index contributed by atoms with van der Waals surface area (Å²) in [4.78, 5) is 12.0. The second-order valence-electron chi connectivity index (χ2n) is 6.40. The maximum absolute atomic E-state index is 13.7. The van der Waals surface area contributed by atoms with Crippen LogP contribution in [0.4, 0.5) is 4.39 Å². The number of carbonyl (C=O) groups excluding carboxylic acids is 1. The normalized spacial score (nSPS) is 16.6. The second-order valence-corrected chi connectivity index (χ2v) is 8.33. The lowest BCUT2D eigenvalue weighted by molar-refractivity contribution is 0.0886. The molecule has 0 aliphatic carbocycles. The van der Waals surface area contributed by atoms with Gasteiger partial charge in [-0.05, 0) is 44.4 Å². The Morgan fingerprint density at radius 2 is 1.96 bits per heavy atom. The van der Waals surface area contributed by atoms with Crippen molar-refractivity contribution in [3.05, 3.63) is 47.1 Å². The first-order chi connectivity index (χ1) is 12.3. The van der Waals surface area contributed by atoms with Gasteiger partial charge >= 0.3 is 0 Å². The van der Waals surface area contributed by atoms with Gasteiger partial charge in [0.2, 0.25) is 15.8 Å². The van der Waals surface area contributed by atoms with Crippen LogP contribution in [0.1, 0.15) is 34.7 Å². The summed E-state index contributed by atoms with van der Waals surface area (Å²) < 4.78 is 45.2. The topological polar surface area (TPSA) is 92.5 Å². The lowest BCUT2D eigenvalue weighted by Gasteiger charge is -2.31. The molecule has 2 aromatic rings. The summed E-state index contributed by atoms with van der Waals surface area (Å²) >= 11 is 0. The van der Waals surface area contributed by atoms with Crippen molar-refractivity contribution in [2.24, 2.45) is 0 Å². The van der Waals surface area contributed by atoms with Gasteiger partial charge in [0.25, 0.3) is 5.91 Å². The number of benzene rings is 1. The third kappa shape index (κ3) is 3.78. The number of amides is 1. The minimum atomic E-state index is -3.75. The molecule has 1 fully saturated rings. The second kappa shape index (κ2) is 7.16. The van der Waals surface area contributed by atoms with Gasteiger partial charge in [-0.25, -0.2) is 12.8 Å². The zero-order chi connectivity index (χ0) is 18.9. The first-order valence-corrected chi connectivity index (χ1v) is 9.72. The Morgan fingerprint density at radius 1 is 1.27 bits per heavy atom. The molecule has 1 aromatic heterocycles. The van der Waals surface area contributed by atoms with Crippen molar-refractivity contribution in [3.8, 4) is 0 Å². The van der Waals surface area contributed by atoms with Crippen molar-refractivity contribution >= 4 is 15.9 Å². The molecular weight excluding hydrogens is 361 g/mol. The van der Waals surface area contributed by atoms with Crippen molar-refractivity contribution in [2.45, 2.75) is 37.6 Å². The number of nitrogens with zero attached hydrogens (tertiary/aromatic N) is 2. The van der Waals surface area contributed by atoms with E-state index in [1.807, 2.05) is 0 Å². The molecule has 1 aliphatic heterocycles. The first kappa shape index (κ1) is 18.5. The number of sulfonamides is 1. The van der Waals surface area contributed by atoms with E-state index in [0.29, 0.717) is 24.1 Å². The Bertz CT molecular complexity index is 918. The molecule has 0 spiro atoms. The molecule has 140 valence electrons. The van der Waals surface area contributed by atoms with E-state index in [2.05, 4.69) is 10.5 Å². The summed E-state index contributed by atoms with van der Waals surface area (Å²) in [5, 5.41) is 6.49. The Hall–Kier alpha value is -2.26. The summed E-state index contributed by atoms with van der Waals surface area (Å²) in [5.74, 6) is -0.782. The van der Waals surface area contributed by atoms with Crippen molar-refractivity contribution in [3.63, 3.8) is 0 Å². The fourth-order valence-corrected chi connectivity index (χ4v) is 4.33. The number of nitrogens with one attached hydrogen (secondary N) is 1. The van der Waals surface area contributed by atoms with E-state index in [1.165, 1.54) is 16.4 Å². The molecular formula is C17H20FN3O4S. The zero-order valence-electron chi connectivity index (χ0n) is 14.5. The molecule has 1 N–H and O–H groups in total. The van der Waals surface area contributed by atoms with Crippen LogP contribution in [-0.4, -0.2) is 42.9 Å². The molecule has 9 heteroatoms. The van der Waals surface area contributed by atoms with E-state index in [1.54, 1.807) is 19.9 Å². The van der Waals surface area contributed by atoms with E-state index in [0.717, 1.165) is 6.07 Å².